The lowest BCUT2D eigenvalue weighted by Crippen LogP contribution is -2.51. The molecule has 2 aliphatic rings. The maximum atomic E-state index is 13.3. The summed E-state index contributed by atoms with van der Waals surface area (Å²) in [6.45, 7) is 5.51. The zero-order valence-corrected chi connectivity index (χ0v) is 10.3. The van der Waals surface area contributed by atoms with Gasteiger partial charge in [0.25, 0.3) is 0 Å². The lowest BCUT2D eigenvalue weighted by Gasteiger charge is -2.33. The molecule has 0 saturated carbocycles. The number of nitrogens with zero attached hydrogens (tertiary/aromatic N) is 3. The zero-order chi connectivity index (χ0) is 12.4. The first-order chi connectivity index (χ1) is 8.84. The van der Waals surface area contributed by atoms with Crippen LogP contribution in [0.5, 0.6) is 0 Å². The summed E-state index contributed by atoms with van der Waals surface area (Å²) in [5.41, 5.74) is 0.893. The Morgan fingerprint density at radius 1 is 1.17 bits per heavy atom. The first-order valence-corrected chi connectivity index (χ1v) is 6.38. The highest BCUT2D eigenvalue weighted by Gasteiger charge is 2.25. The molecule has 1 aromatic rings. The molecule has 96 valence electrons. The Kier molecular flexibility index (Phi) is 3.15. The number of aliphatic imine (C=N–C) groups is 1. The fourth-order valence-corrected chi connectivity index (χ4v) is 2.46. The Balaban J connectivity index is 1.82. The van der Waals surface area contributed by atoms with Gasteiger partial charge in [-0.3, -0.25) is 4.99 Å². The van der Waals surface area contributed by atoms with Crippen molar-refractivity contribution in [1.82, 2.24) is 10.2 Å². The van der Waals surface area contributed by atoms with Gasteiger partial charge in [-0.15, -0.1) is 0 Å². The third-order valence-corrected chi connectivity index (χ3v) is 3.34. The van der Waals surface area contributed by atoms with Gasteiger partial charge in [-0.1, -0.05) is 6.07 Å². The van der Waals surface area contributed by atoms with Crippen LogP contribution < -0.4 is 10.2 Å². The van der Waals surface area contributed by atoms with Crippen molar-refractivity contribution in [2.75, 3.05) is 44.2 Å². The van der Waals surface area contributed by atoms with Crippen LogP contribution in [0.1, 0.15) is 0 Å². The predicted molar refractivity (Wildman–Crippen MR) is 70.5 cm³/mol. The van der Waals surface area contributed by atoms with Gasteiger partial charge in [-0.05, 0) is 18.2 Å². The fourth-order valence-electron chi connectivity index (χ4n) is 2.46. The van der Waals surface area contributed by atoms with Crippen LogP contribution in [-0.2, 0) is 0 Å². The van der Waals surface area contributed by atoms with E-state index in [4.69, 9.17) is 0 Å². The van der Waals surface area contributed by atoms with Crippen molar-refractivity contribution in [1.29, 1.82) is 0 Å². The summed E-state index contributed by atoms with van der Waals surface area (Å²) in [7, 11) is 0. The van der Waals surface area contributed by atoms with Crippen LogP contribution in [0.4, 0.5) is 10.1 Å². The molecule has 2 heterocycles. The van der Waals surface area contributed by atoms with Crippen LogP contribution in [-0.4, -0.2) is 50.1 Å². The molecule has 0 radical (unpaired) electrons. The number of nitrogens with one attached hydrogen (secondary N) is 1. The molecule has 1 N–H and O–H groups in total. The van der Waals surface area contributed by atoms with Gasteiger partial charge < -0.3 is 15.1 Å². The Morgan fingerprint density at radius 2 is 2.00 bits per heavy atom. The van der Waals surface area contributed by atoms with E-state index in [-0.39, 0.29) is 5.82 Å². The largest absolute Gasteiger partial charge is 0.340 e. The number of piperazine rings is 1. The predicted octanol–water partition coefficient (Wildman–Crippen LogP) is 0.907. The van der Waals surface area contributed by atoms with Gasteiger partial charge in [-0.25, -0.2) is 4.39 Å². The van der Waals surface area contributed by atoms with Crippen LogP contribution in [0.2, 0.25) is 0 Å². The molecule has 5 heteroatoms. The van der Waals surface area contributed by atoms with E-state index in [1.54, 1.807) is 12.1 Å². The van der Waals surface area contributed by atoms with Crippen molar-refractivity contribution < 1.29 is 4.39 Å². The van der Waals surface area contributed by atoms with Crippen molar-refractivity contribution in [2.45, 2.75) is 0 Å². The van der Waals surface area contributed by atoms with E-state index in [1.807, 2.05) is 6.07 Å². The summed E-state index contributed by atoms with van der Waals surface area (Å²) in [4.78, 5) is 8.94. The normalized spacial score (nSPS) is 20.2. The number of hydrogen-bond donors (Lipinski definition) is 1. The molecule has 0 unspecified atom stereocenters. The molecule has 0 aromatic heterocycles. The zero-order valence-electron chi connectivity index (χ0n) is 10.3. The minimum atomic E-state index is -0.195. The standard InChI is InChI=1S/C13H17FN4/c14-11-2-1-3-12(10-11)18-9-6-16-13(18)17-7-4-15-5-8-17/h1-3,10,15H,4-9H2. The lowest BCUT2D eigenvalue weighted by molar-refractivity contribution is 0.354. The smallest absolute Gasteiger partial charge is 0.201 e. The van der Waals surface area contributed by atoms with Gasteiger partial charge in [0, 0.05) is 38.4 Å². The van der Waals surface area contributed by atoms with E-state index in [0.29, 0.717) is 0 Å². The van der Waals surface area contributed by atoms with E-state index in [1.165, 1.54) is 6.07 Å². The van der Waals surface area contributed by atoms with Crippen LogP contribution in [0.25, 0.3) is 0 Å². The van der Waals surface area contributed by atoms with E-state index < -0.39 is 0 Å². The van der Waals surface area contributed by atoms with Crippen molar-refractivity contribution in [3.63, 3.8) is 0 Å². The monoisotopic (exact) mass is 248 g/mol. The molecular formula is C13H17FN4. The summed E-state index contributed by atoms with van der Waals surface area (Å²) >= 11 is 0. The van der Waals surface area contributed by atoms with E-state index in [9.17, 15) is 4.39 Å². The second-order valence-electron chi connectivity index (χ2n) is 4.55. The van der Waals surface area contributed by atoms with E-state index >= 15 is 0 Å². The summed E-state index contributed by atoms with van der Waals surface area (Å²) < 4.78 is 13.3. The Hall–Kier alpha value is -1.62. The number of benzene rings is 1. The fraction of sp³-hybridized carbons (Fsp3) is 0.462. The van der Waals surface area contributed by atoms with Gasteiger partial charge in [0.05, 0.1) is 6.54 Å². The van der Waals surface area contributed by atoms with Crippen LogP contribution in [0, 0.1) is 5.82 Å². The van der Waals surface area contributed by atoms with Crippen LogP contribution >= 0.6 is 0 Å². The number of anilines is 1. The van der Waals surface area contributed by atoms with Gasteiger partial charge in [0.1, 0.15) is 5.82 Å². The SMILES string of the molecule is Fc1cccc(N2CCN=C2N2CCNCC2)c1. The number of halogens is 1. The van der Waals surface area contributed by atoms with Gasteiger partial charge in [0.15, 0.2) is 0 Å². The maximum absolute atomic E-state index is 13.3. The molecular weight excluding hydrogens is 231 g/mol. The second kappa shape index (κ2) is 4.94. The molecule has 0 atom stereocenters. The minimum absolute atomic E-state index is 0.195. The van der Waals surface area contributed by atoms with Crippen LogP contribution in [0.15, 0.2) is 29.3 Å². The van der Waals surface area contributed by atoms with E-state index in [2.05, 4.69) is 20.1 Å². The molecule has 0 amide bonds. The highest BCUT2D eigenvalue weighted by Crippen LogP contribution is 2.20. The lowest BCUT2D eigenvalue weighted by atomic mass is 10.3. The third-order valence-electron chi connectivity index (χ3n) is 3.34. The highest BCUT2D eigenvalue weighted by molar-refractivity contribution is 5.97. The van der Waals surface area contributed by atoms with Crippen molar-refractivity contribution in [3.05, 3.63) is 30.1 Å². The van der Waals surface area contributed by atoms with E-state index in [0.717, 1.165) is 50.9 Å². The van der Waals surface area contributed by atoms with Crippen molar-refractivity contribution in [3.8, 4) is 0 Å². The Labute approximate surface area is 106 Å². The highest BCUT2D eigenvalue weighted by atomic mass is 19.1. The number of hydrogen-bond acceptors (Lipinski definition) is 4. The maximum Gasteiger partial charge on any atom is 0.201 e. The van der Waals surface area contributed by atoms with Crippen molar-refractivity contribution in [2.24, 2.45) is 4.99 Å². The number of guanidine groups is 1. The van der Waals surface area contributed by atoms with Gasteiger partial charge in [-0.2, -0.15) is 0 Å². The average molecular weight is 248 g/mol. The summed E-state index contributed by atoms with van der Waals surface area (Å²) in [6, 6.07) is 6.73. The van der Waals surface area contributed by atoms with Gasteiger partial charge in [0.2, 0.25) is 5.96 Å². The van der Waals surface area contributed by atoms with Crippen LogP contribution in [0.3, 0.4) is 0 Å². The molecule has 18 heavy (non-hydrogen) atoms. The second-order valence-corrected chi connectivity index (χ2v) is 4.55. The minimum Gasteiger partial charge on any atom is -0.340 e. The average Bonchev–Trinajstić information content (AvgIpc) is 2.89. The molecule has 4 nitrogen and oxygen atoms in total. The molecule has 3 rings (SSSR count). The molecule has 1 aromatic carbocycles. The molecule has 0 spiro atoms. The topological polar surface area (TPSA) is 30.9 Å². The first kappa shape index (κ1) is 11.5. The summed E-state index contributed by atoms with van der Waals surface area (Å²) in [5.74, 6) is 0.793. The Morgan fingerprint density at radius 3 is 2.78 bits per heavy atom. The molecule has 2 aliphatic heterocycles. The first-order valence-electron chi connectivity index (χ1n) is 6.38. The van der Waals surface area contributed by atoms with Crippen molar-refractivity contribution >= 4 is 11.6 Å². The third kappa shape index (κ3) is 2.18. The summed E-state index contributed by atoms with van der Waals surface area (Å²) in [5, 5.41) is 3.33. The Bertz CT molecular complexity index is 454. The number of rotatable bonds is 1. The molecule has 1 fully saturated rings. The molecule has 0 bridgehead atoms. The van der Waals surface area contributed by atoms with Gasteiger partial charge >= 0.3 is 0 Å². The molecule has 0 aliphatic carbocycles. The quantitative estimate of drug-likeness (QED) is 0.801. The molecule has 1 saturated heterocycles. The summed E-state index contributed by atoms with van der Waals surface area (Å²) in [6.07, 6.45) is 0.